The summed E-state index contributed by atoms with van der Waals surface area (Å²) < 4.78 is 0. The maximum Gasteiger partial charge on any atom is -0.0179 e. The van der Waals surface area contributed by atoms with Crippen LogP contribution in [0.25, 0.3) is 0 Å². The second kappa shape index (κ2) is 5.76. The molecule has 0 aromatic rings. The summed E-state index contributed by atoms with van der Waals surface area (Å²) in [6.07, 6.45) is 14.8. The highest BCUT2D eigenvalue weighted by Crippen LogP contribution is 2.54. The first-order valence-corrected chi connectivity index (χ1v) is 8.05. The highest BCUT2D eigenvalue weighted by Gasteiger charge is 2.43. The Labute approximate surface area is 109 Å². The molecule has 2 aliphatic rings. The minimum Gasteiger partial charge on any atom is -0.0648 e. The Morgan fingerprint density at radius 1 is 1.06 bits per heavy atom. The quantitative estimate of drug-likeness (QED) is 0.582. The molecule has 2 rings (SSSR count). The first-order valence-electron chi connectivity index (χ1n) is 8.05. The first kappa shape index (κ1) is 13.4. The van der Waals surface area contributed by atoms with E-state index >= 15 is 0 Å². The Kier molecular flexibility index (Phi) is 4.55. The van der Waals surface area contributed by atoms with Crippen molar-refractivity contribution in [3.05, 3.63) is 5.92 Å². The molecule has 0 nitrogen and oxygen atoms in total. The second-order valence-corrected chi connectivity index (χ2v) is 6.80. The lowest BCUT2D eigenvalue weighted by Crippen LogP contribution is -2.39. The summed E-state index contributed by atoms with van der Waals surface area (Å²) in [5.41, 5.74) is 0.707. The number of hydrogen-bond acceptors (Lipinski definition) is 0. The van der Waals surface area contributed by atoms with E-state index in [2.05, 4.69) is 20.8 Å². The topological polar surface area (TPSA) is 0 Å². The summed E-state index contributed by atoms with van der Waals surface area (Å²) in [6.45, 7) is 7.32. The largest absolute Gasteiger partial charge is 0.0648 e. The van der Waals surface area contributed by atoms with E-state index in [4.69, 9.17) is 0 Å². The van der Waals surface area contributed by atoms with E-state index < -0.39 is 0 Å². The third-order valence-corrected chi connectivity index (χ3v) is 5.69. The van der Waals surface area contributed by atoms with Crippen LogP contribution in [0.3, 0.4) is 0 Å². The second-order valence-electron chi connectivity index (χ2n) is 6.80. The normalized spacial score (nSPS) is 30.7. The molecular formula is C17H31. The molecule has 1 atom stereocenters. The summed E-state index contributed by atoms with van der Waals surface area (Å²) in [4.78, 5) is 0. The Bertz CT molecular complexity index is 222. The molecule has 99 valence electrons. The van der Waals surface area contributed by atoms with Crippen LogP contribution >= 0.6 is 0 Å². The van der Waals surface area contributed by atoms with Gasteiger partial charge in [0.1, 0.15) is 0 Å². The van der Waals surface area contributed by atoms with Gasteiger partial charge < -0.3 is 0 Å². The van der Waals surface area contributed by atoms with E-state index in [-0.39, 0.29) is 0 Å². The van der Waals surface area contributed by atoms with Crippen molar-refractivity contribution in [1.82, 2.24) is 0 Å². The van der Waals surface area contributed by atoms with Crippen molar-refractivity contribution in [1.29, 1.82) is 0 Å². The lowest BCUT2D eigenvalue weighted by molar-refractivity contribution is 0.0677. The standard InChI is InChI=1S/C17H31/c1-4-17(12-8-5-9-13-17)16-11-7-6-10-15(16)14(2)3/h14,16H,4-13H2,1-3H3. The van der Waals surface area contributed by atoms with E-state index in [1.165, 1.54) is 64.2 Å². The third kappa shape index (κ3) is 2.71. The van der Waals surface area contributed by atoms with E-state index in [0.29, 0.717) is 5.41 Å². The minimum atomic E-state index is 0.707. The van der Waals surface area contributed by atoms with Crippen molar-refractivity contribution in [2.45, 2.75) is 85.0 Å². The molecule has 0 heteroatoms. The molecule has 0 N–H and O–H groups in total. The smallest absolute Gasteiger partial charge is 0.0179 e. The minimum absolute atomic E-state index is 0.707. The molecule has 1 unspecified atom stereocenters. The fourth-order valence-corrected chi connectivity index (χ4v) is 4.63. The first-order chi connectivity index (χ1) is 8.19. The molecule has 2 fully saturated rings. The molecule has 0 aromatic heterocycles. The van der Waals surface area contributed by atoms with Gasteiger partial charge in [0.05, 0.1) is 0 Å². The molecule has 0 aromatic carbocycles. The van der Waals surface area contributed by atoms with Crippen LogP contribution in [0.15, 0.2) is 0 Å². The van der Waals surface area contributed by atoms with Crippen molar-refractivity contribution in [2.75, 3.05) is 0 Å². The van der Waals surface area contributed by atoms with Crippen LogP contribution in [0.4, 0.5) is 0 Å². The SMILES string of the molecule is CCC1(C2CCCC[C]2C(C)C)CCCCC1. The van der Waals surface area contributed by atoms with Gasteiger partial charge in [-0.2, -0.15) is 0 Å². The number of hydrogen-bond donors (Lipinski definition) is 0. The van der Waals surface area contributed by atoms with Crippen LogP contribution in [0.2, 0.25) is 0 Å². The van der Waals surface area contributed by atoms with Crippen molar-refractivity contribution in [2.24, 2.45) is 17.3 Å². The predicted octanol–water partition coefficient (Wildman–Crippen LogP) is 5.77. The maximum atomic E-state index is 2.46. The van der Waals surface area contributed by atoms with Gasteiger partial charge in [0.25, 0.3) is 0 Å². The van der Waals surface area contributed by atoms with E-state index in [0.717, 1.165) is 11.8 Å². The lowest BCUT2D eigenvalue weighted by Gasteiger charge is -2.49. The van der Waals surface area contributed by atoms with Crippen molar-refractivity contribution in [3.63, 3.8) is 0 Å². The van der Waals surface area contributed by atoms with Gasteiger partial charge in [0.2, 0.25) is 0 Å². The summed E-state index contributed by atoms with van der Waals surface area (Å²) in [5.74, 6) is 3.73. The number of rotatable bonds is 3. The van der Waals surface area contributed by atoms with Crippen molar-refractivity contribution < 1.29 is 0 Å². The molecular weight excluding hydrogens is 204 g/mol. The van der Waals surface area contributed by atoms with Gasteiger partial charge in [-0.05, 0) is 48.9 Å². The molecule has 0 aliphatic heterocycles. The Morgan fingerprint density at radius 2 is 1.76 bits per heavy atom. The van der Waals surface area contributed by atoms with E-state index in [1.807, 2.05) is 5.92 Å². The Hall–Kier alpha value is 0. The van der Waals surface area contributed by atoms with Crippen LogP contribution in [0.1, 0.15) is 85.0 Å². The van der Waals surface area contributed by atoms with Crippen LogP contribution in [0, 0.1) is 23.2 Å². The van der Waals surface area contributed by atoms with Crippen LogP contribution in [0.5, 0.6) is 0 Å². The summed E-state index contributed by atoms with van der Waals surface area (Å²) >= 11 is 0. The molecule has 0 bridgehead atoms. The van der Waals surface area contributed by atoms with Crippen molar-refractivity contribution >= 4 is 0 Å². The summed E-state index contributed by atoms with van der Waals surface area (Å²) in [7, 11) is 0. The fraction of sp³-hybridized carbons (Fsp3) is 0.941. The summed E-state index contributed by atoms with van der Waals surface area (Å²) in [5, 5.41) is 0. The zero-order chi connectivity index (χ0) is 12.3. The van der Waals surface area contributed by atoms with Gasteiger partial charge in [-0.15, -0.1) is 0 Å². The highest BCUT2D eigenvalue weighted by atomic mass is 14.5. The zero-order valence-electron chi connectivity index (χ0n) is 12.2. The highest BCUT2D eigenvalue weighted by molar-refractivity contribution is 5.08. The van der Waals surface area contributed by atoms with Gasteiger partial charge in [-0.1, -0.05) is 59.3 Å². The molecule has 2 aliphatic carbocycles. The molecule has 0 heterocycles. The van der Waals surface area contributed by atoms with E-state index in [1.54, 1.807) is 0 Å². The maximum absolute atomic E-state index is 2.46. The van der Waals surface area contributed by atoms with Crippen molar-refractivity contribution in [3.8, 4) is 0 Å². The van der Waals surface area contributed by atoms with Gasteiger partial charge in [-0.25, -0.2) is 0 Å². The average Bonchev–Trinajstić information content (AvgIpc) is 2.39. The van der Waals surface area contributed by atoms with Gasteiger partial charge in [0.15, 0.2) is 0 Å². The predicted molar refractivity (Wildman–Crippen MR) is 75.8 cm³/mol. The zero-order valence-corrected chi connectivity index (χ0v) is 12.2. The lowest BCUT2D eigenvalue weighted by atomic mass is 9.55. The van der Waals surface area contributed by atoms with Crippen LogP contribution in [-0.4, -0.2) is 0 Å². The molecule has 2 saturated carbocycles. The molecule has 17 heavy (non-hydrogen) atoms. The van der Waals surface area contributed by atoms with Gasteiger partial charge in [-0.3, -0.25) is 0 Å². The Morgan fingerprint density at radius 3 is 2.35 bits per heavy atom. The fourth-order valence-electron chi connectivity index (χ4n) is 4.63. The molecule has 1 radical (unpaired) electrons. The third-order valence-electron chi connectivity index (χ3n) is 5.69. The monoisotopic (exact) mass is 235 g/mol. The molecule has 0 amide bonds. The van der Waals surface area contributed by atoms with Gasteiger partial charge >= 0.3 is 0 Å². The van der Waals surface area contributed by atoms with Crippen LogP contribution < -0.4 is 0 Å². The molecule has 0 saturated heterocycles. The summed E-state index contributed by atoms with van der Waals surface area (Å²) in [6, 6.07) is 0. The van der Waals surface area contributed by atoms with Crippen LogP contribution in [-0.2, 0) is 0 Å². The average molecular weight is 235 g/mol. The van der Waals surface area contributed by atoms with Gasteiger partial charge in [0, 0.05) is 0 Å². The Balaban J connectivity index is 2.15. The van der Waals surface area contributed by atoms with E-state index in [9.17, 15) is 0 Å². The molecule has 0 spiro atoms.